The van der Waals surface area contributed by atoms with Crippen LogP contribution in [0.1, 0.15) is 24.5 Å². The number of hydrogen-bond donors (Lipinski definition) is 2. The highest BCUT2D eigenvalue weighted by atomic mass is 32.2. The molecule has 0 aromatic heterocycles. The predicted octanol–water partition coefficient (Wildman–Crippen LogP) is 2.64. The van der Waals surface area contributed by atoms with Crippen molar-refractivity contribution in [1.29, 1.82) is 0 Å². The van der Waals surface area contributed by atoms with E-state index in [2.05, 4.69) is 23.6 Å². The van der Waals surface area contributed by atoms with Crippen LogP contribution >= 0.6 is 0 Å². The summed E-state index contributed by atoms with van der Waals surface area (Å²) >= 11 is 0. The molecule has 2 N–H and O–H groups in total. The van der Waals surface area contributed by atoms with Crippen molar-refractivity contribution in [3.8, 4) is 0 Å². The minimum absolute atomic E-state index is 0.331. The Hall–Kier alpha value is -2.26. The molecular formula is C23H30N4O3S. The Morgan fingerprint density at radius 1 is 1.16 bits per heavy atom. The summed E-state index contributed by atoms with van der Waals surface area (Å²) < 4.78 is 33.4. The number of rotatable bonds is 6. The Labute approximate surface area is 184 Å². The summed E-state index contributed by atoms with van der Waals surface area (Å²) in [5.74, 6) is 0.772. The molecule has 0 bridgehead atoms. The van der Waals surface area contributed by atoms with Gasteiger partial charge in [0.15, 0.2) is 0 Å². The fraction of sp³-hybridized carbons (Fsp3) is 0.435. The first-order valence-electron chi connectivity index (χ1n) is 10.7. The largest absolute Gasteiger partial charge is 0.383 e. The molecule has 8 heteroatoms. The Balaban J connectivity index is 1.63. The van der Waals surface area contributed by atoms with Crippen LogP contribution in [-0.2, 0) is 27.7 Å². The fourth-order valence-corrected chi connectivity index (χ4v) is 5.70. The van der Waals surface area contributed by atoms with Crippen molar-refractivity contribution in [3.05, 3.63) is 59.7 Å². The SMILES string of the molecule is CCc1ccc(S(=O)(=O)N2CCC3(C2)NCc2ccccc2NC3=NCCOC)cc1. The van der Waals surface area contributed by atoms with Gasteiger partial charge in [0.05, 0.1) is 23.6 Å². The van der Waals surface area contributed by atoms with Crippen LogP contribution in [0.5, 0.6) is 0 Å². The number of aliphatic imine (C=N–C) groups is 1. The number of para-hydroxylation sites is 1. The van der Waals surface area contributed by atoms with Crippen LogP contribution < -0.4 is 10.6 Å². The molecule has 1 fully saturated rings. The number of nitrogens with one attached hydrogen (secondary N) is 2. The third kappa shape index (κ3) is 4.39. The van der Waals surface area contributed by atoms with Gasteiger partial charge in [-0.05, 0) is 42.2 Å². The standard InChI is InChI=1S/C23H30N4O3S/c1-3-18-8-10-20(11-9-18)31(28,29)27-14-12-23(17-27)22(24-13-15-30-2)26-21-7-5-4-6-19(21)16-25-23/h4-11,25H,3,12-17H2,1-2H3,(H,24,26). The first-order chi connectivity index (χ1) is 15.0. The average molecular weight is 443 g/mol. The molecule has 166 valence electrons. The van der Waals surface area contributed by atoms with Gasteiger partial charge < -0.3 is 10.1 Å². The summed E-state index contributed by atoms with van der Waals surface area (Å²) in [6.45, 7) is 4.49. The summed E-state index contributed by atoms with van der Waals surface area (Å²) in [5, 5.41) is 7.11. The Bertz CT molecular complexity index is 1050. The molecule has 2 aliphatic rings. The minimum atomic E-state index is -3.58. The van der Waals surface area contributed by atoms with E-state index in [0.717, 1.165) is 29.1 Å². The maximum Gasteiger partial charge on any atom is 0.243 e. The highest BCUT2D eigenvalue weighted by molar-refractivity contribution is 7.89. The molecule has 2 aliphatic heterocycles. The van der Waals surface area contributed by atoms with Gasteiger partial charge >= 0.3 is 0 Å². The molecule has 0 saturated carbocycles. The normalized spacial score (nSPS) is 23.0. The number of ether oxygens (including phenoxy) is 1. The van der Waals surface area contributed by atoms with E-state index < -0.39 is 15.6 Å². The first-order valence-corrected chi connectivity index (χ1v) is 12.2. The van der Waals surface area contributed by atoms with Gasteiger partial charge in [-0.2, -0.15) is 4.31 Å². The molecule has 1 atom stereocenters. The highest BCUT2D eigenvalue weighted by Gasteiger charge is 2.47. The Morgan fingerprint density at radius 2 is 1.94 bits per heavy atom. The number of nitrogens with zero attached hydrogens (tertiary/aromatic N) is 2. The number of methoxy groups -OCH3 is 1. The lowest BCUT2D eigenvalue weighted by Crippen LogP contribution is -2.55. The summed E-state index contributed by atoms with van der Waals surface area (Å²) in [6.07, 6.45) is 1.52. The summed E-state index contributed by atoms with van der Waals surface area (Å²) in [5.41, 5.74) is 2.69. The molecule has 1 saturated heterocycles. The molecule has 31 heavy (non-hydrogen) atoms. The van der Waals surface area contributed by atoms with E-state index in [0.29, 0.717) is 44.1 Å². The number of amidine groups is 1. The molecule has 1 spiro atoms. The number of hydrogen-bond acceptors (Lipinski definition) is 5. The van der Waals surface area contributed by atoms with Crippen molar-refractivity contribution >= 4 is 21.5 Å². The summed E-state index contributed by atoms with van der Waals surface area (Å²) in [7, 11) is -1.93. The quantitative estimate of drug-likeness (QED) is 0.672. The molecule has 2 aromatic carbocycles. The van der Waals surface area contributed by atoms with Crippen LogP contribution in [0.3, 0.4) is 0 Å². The molecule has 2 heterocycles. The Morgan fingerprint density at radius 3 is 2.68 bits per heavy atom. The third-order valence-electron chi connectivity index (χ3n) is 6.11. The molecule has 7 nitrogen and oxygen atoms in total. The van der Waals surface area contributed by atoms with E-state index in [1.807, 2.05) is 30.3 Å². The van der Waals surface area contributed by atoms with Gasteiger partial charge in [-0.25, -0.2) is 8.42 Å². The van der Waals surface area contributed by atoms with Crippen LogP contribution in [-0.4, -0.2) is 57.4 Å². The van der Waals surface area contributed by atoms with Crippen molar-refractivity contribution in [2.45, 2.75) is 36.7 Å². The number of anilines is 1. The maximum atomic E-state index is 13.3. The lowest BCUT2D eigenvalue weighted by Gasteiger charge is -2.30. The smallest absolute Gasteiger partial charge is 0.243 e. The van der Waals surface area contributed by atoms with Crippen molar-refractivity contribution in [3.63, 3.8) is 0 Å². The fourth-order valence-electron chi connectivity index (χ4n) is 4.19. The second-order valence-electron chi connectivity index (χ2n) is 8.03. The van der Waals surface area contributed by atoms with Crippen LogP contribution in [0.25, 0.3) is 0 Å². The van der Waals surface area contributed by atoms with Gasteiger partial charge in [0, 0.05) is 32.4 Å². The lowest BCUT2D eigenvalue weighted by atomic mass is 9.97. The van der Waals surface area contributed by atoms with Gasteiger partial charge in [-0.3, -0.25) is 10.3 Å². The van der Waals surface area contributed by atoms with Crippen molar-refractivity contribution in [1.82, 2.24) is 9.62 Å². The highest BCUT2D eigenvalue weighted by Crippen LogP contribution is 2.32. The average Bonchev–Trinajstić information content (AvgIpc) is 3.18. The topological polar surface area (TPSA) is 83.0 Å². The molecular weight excluding hydrogens is 412 g/mol. The minimum Gasteiger partial charge on any atom is -0.383 e. The number of fused-ring (bicyclic) bond motifs is 1. The van der Waals surface area contributed by atoms with E-state index in [9.17, 15) is 8.42 Å². The molecule has 1 unspecified atom stereocenters. The number of sulfonamides is 1. The number of aryl methyl sites for hydroxylation is 1. The monoisotopic (exact) mass is 442 g/mol. The lowest BCUT2D eigenvalue weighted by molar-refractivity contribution is 0.207. The van der Waals surface area contributed by atoms with Gasteiger partial charge in [-0.15, -0.1) is 0 Å². The van der Waals surface area contributed by atoms with Crippen molar-refractivity contribution in [2.24, 2.45) is 4.99 Å². The molecule has 4 rings (SSSR count). The van der Waals surface area contributed by atoms with E-state index in [-0.39, 0.29) is 0 Å². The van der Waals surface area contributed by atoms with E-state index in [4.69, 9.17) is 9.73 Å². The van der Waals surface area contributed by atoms with E-state index in [1.165, 1.54) is 0 Å². The summed E-state index contributed by atoms with van der Waals surface area (Å²) in [6, 6.07) is 15.3. The van der Waals surface area contributed by atoms with Crippen LogP contribution in [0.15, 0.2) is 58.4 Å². The molecule has 0 aliphatic carbocycles. The number of benzene rings is 2. The zero-order chi connectivity index (χ0) is 21.9. The van der Waals surface area contributed by atoms with Gasteiger partial charge in [-0.1, -0.05) is 37.3 Å². The van der Waals surface area contributed by atoms with Crippen molar-refractivity contribution < 1.29 is 13.2 Å². The van der Waals surface area contributed by atoms with E-state index in [1.54, 1.807) is 23.5 Å². The third-order valence-corrected chi connectivity index (χ3v) is 7.97. The zero-order valence-electron chi connectivity index (χ0n) is 18.1. The summed E-state index contributed by atoms with van der Waals surface area (Å²) in [4.78, 5) is 5.11. The first kappa shape index (κ1) is 22.0. The second kappa shape index (κ2) is 9.08. The molecule has 0 radical (unpaired) electrons. The van der Waals surface area contributed by atoms with Crippen LogP contribution in [0, 0.1) is 0 Å². The molecule has 0 amide bonds. The van der Waals surface area contributed by atoms with Crippen LogP contribution in [0.4, 0.5) is 5.69 Å². The zero-order valence-corrected chi connectivity index (χ0v) is 18.9. The molecule has 2 aromatic rings. The van der Waals surface area contributed by atoms with E-state index >= 15 is 0 Å². The van der Waals surface area contributed by atoms with Gasteiger partial charge in [0.2, 0.25) is 10.0 Å². The predicted molar refractivity (Wildman–Crippen MR) is 123 cm³/mol. The maximum absolute atomic E-state index is 13.3. The van der Waals surface area contributed by atoms with Gasteiger partial charge in [0.25, 0.3) is 0 Å². The Kier molecular flexibility index (Phi) is 6.43. The van der Waals surface area contributed by atoms with Gasteiger partial charge in [0.1, 0.15) is 5.84 Å². The van der Waals surface area contributed by atoms with Crippen molar-refractivity contribution in [2.75, 3.05) is 38.7 Å². The van der Waals surface area contributed by atoms with Crippen LogP contribution in [0.2, 0.25) is 0 Å². The second-order valence-corrected chi connectivity index (χ2v) is 9.96.